The first kappa shape index (κ1) is 11.6. The first-order valence-corrected chi connectivity index (χ1v) is 8.01. The molecule has 0 aliphatic rings. The van der Waals surface area contributed by atoms with E-state index in [0.717, 1.165) is 10.3 Å². The van der Waals surface area contributed by atoms with Crippen molar-refractivity contribution in [2.45, 2.75) is 4.90 Å². The summed E-state index contributed by atoms with van der Waals surface area (Å²) in [6, 6.07) is 4.90. The maximum atomic E-state index is 11.5. The second kappa shape index (κ2) is 4.04. The molecule has 1 N–H and O–H groups in total. The Morgan fingerprint density at radius 3 is 2.83 bits per heavy atom. The highest BCUT2D eigenvalue weighted by atomic mass is 35.7. The number of benzene rings is 1. The van der Waals surface area contributed by atoms with Crippen LogP contribution in [0, 0.1) is 0 Å². The predicted molar refractivity (Wildman–Crippen MR) is 70.2 cm³/mol. The molecule has 3 rings (SSSR count). The lowest BCUT2D eigenvalue weighted by Gasteiger charge is -1.95. The highest BCUT2D eigenvalue weighted by Gasteiger charge is 2.18. The quantitative estimate of drug-likeness (QED) is 0.738. The van der Waals surface area contributed by atoms with Crippen molar-refractivity contribution < 1.29 is 8.42 Å². The zero-order chi connectivity index (χ0) is 12.8. The van der Waals surface area contributed by atoms with E-state index in [9.17, 15) is 8.42 Å². The molecule has 2 aromatic heterocycles. The summed E-state index contributed by atoms with van der Waals surface area (Å²) in [7, 11) is 1.60. The minimum Gasteiger partial charge on any atom is -0.285 e. The number of hydrogen-bond acceptors (Lipinski definition) is 5. The molecular weight excluding hydrogens is 294 g/mol. The Morgan fingerprint density at radius 2 is 2.17 bits per heavy atom. The number of rotatable bonds is 2. The summed E-state index contributed by atoms with van der Waals surface area (Å²) >= 11 is 1.39. The number of thiazole rings is 1. The van der Waals surface area contributed by atoms with Gasteiger partial charge in [0.15, 0.2) is 0 Å². The number of hydrogen-bond donors (Lipinski definition) is 1. The fourth-order valence-electron chi connectivity index (χ4n) is 1.61. The fraction of sp³-hybridized carbons (Fsp3) is 0. The number of halogens is 1. The second-order valence-electron chi connectivity index (χ2n) is 3.55. The van der Waals surface area contributed by atoms with E-state index in [2.05, 4.69) is 15.2 Å². The van der Waals surface area contributed by atoms with Crippen molar-refractivity contribution in [1.29, 1.82) is 0 Å². The van der Waals surface area contributed by atoms with Crippen molar-refractivity contribution >= 4 is 41.3 Å². The first-order valence-electron chi connectivity index (χ1n) is 4.89. The third-order valence-electron chi connectivity index (χ3n) is 2.39. The Labute approximate surface area is 111 Å². The van der Waals surface area contributed by atoms with E-state index in [0.29, 0.717) is 10.5 Å². The maximum absolute atomic E-state index is 11.5. The van der Waals surface area contributed by atoms with Crippen molar-refractivity contribution in [3.63, 3.8) is 0 Å². The van der Waals surface area contributed by atoms with E-state index < -0.39 is 9.05 Å². The third-order valence-corrected chi connectivity index (χ3v) is 4.81. The van der Waals surface area contributed by atoms with Crippen molar-refractivity contribution in [2.24, 2.45) is 0 Å². The van der Waals surface area contributed by atoms with Gasteiger partial charge in [-0.1, -0.05) is 6.07 Å². The van der Waals surface area contributed by atoms with Crippen LogP contribution in [-0.2, 0) is 9.05 Å². The van der Waals surface area contributed by atoms with Gasteiger partial charge in [0, 0.05) is 22.4 Å². The summed E-state index contributed by atoms with van der Waals surface area (Å²) < 4.78 is 23.7. The maximum Gasteiger partial charge on any atom is 0.263 e. The van der Waals surface area contributed by atoms with Gasteiger partial charge in [0.25, 0.3) is 9.05 Å². The third kappa shape index (κ3) is 1.90. The van der Waals surface area contributed by atoms with Crippen LogP contribution >= 0.6 is 22.0 Å². The first-order chi connectivity index (χ1) is 8.55. The second-order valence-corrected chi connectivity index (χ2v) is 7.11. The zero-order valence-electron chi connectivity index (χ0n) is 8.79. The van der Waals surface area contributed by atoms with E-state index >= 15 is 0 Å². The molecule has 0 radical (unpaired) electrons. The van der Waals surface area contributed by atoms with Crippen LogP contribution in [0.3, 0.4) is 0 Å². The van der Waals surface area contributed by atoms with Crippen LogP contribution in [0.1, 0.15) is 0 Å². The average Bonchev–Trinajstić information content (AvgIpc) is 2.95. The highest BCUT2D eigenvalue weighted by Crippen LogP contribution is 2.33. The summed E-state index contributed by atoms with van der Waals surface area (Å²) in [5.74, 6) is 0. The van der Waals surface area contributed by atoms with Crippen molar-refractivity contribution in [3.05, 3.63) is 30.6 Å². The fourth-order valence-corrected chi connectivity index (χ4v) is 3.65. The number of nitrogens with zero attached hydrogens (tertiary/aromatic N) is 2. The molecule has 5 nitrogen and oxygen atoms in total. The number of fused-ring (bicyclic) bond motifs is 1. The van der Waals surface area contributed by atoms with Gasteiger partial charge in [-0.2, -0.15) is 5.10 Å². The molecule has 0 saturated heterocycles. The minimum absolute atomic E-state index is 0.0349. The van der Waals surface area contributed by atoms with Gasteiger partial charge in [-0.25, -0.2) is 13.4 Å². The number of aromatic nitrogens is 3. The van der Waals surface area contributed by atoms with Crippen molar-refractivity contribution in [2.75, 3.05) is 0 Å². The molecule has 2 heterocycles. The molecule has 0 saturated carbocycles. The van der Waals surface area contributed by atoms with Crippen LogP contribution in [0.4, 0.5) is 0 Å². The standard InChI is InChI=1S/C10H6ClN3O2S2/c11-18(15,16)8-3-1-2-7-9(8)14-10(17-7)6-4-12-13-5-6/h1-5H,(H,12,13). The Kier molecular flexibility index (Phi) is 2.61. The number of nitrogens with one attached hydrogen (secondary N) is 1. The summed E-state index contributed by atoms with van der Waals surface area (Å²) in [6.45, 7) is 0. The molecule has 0 aliphatic heterocycles. The lowest BCUT2D eigenvalue weighted by Crippen LogP contribution is -1.91. The van der Waals surface area contributed by atoms with Crippen molar-refractivity contribution in [1.82, 2.24) is 15.2 Å². The molecule has 0 aliphatic carbocycles. The van der Waals surface area contributed by atoms with Gasteiger partial charge in [-0.3, -0.25) is 5.10 Å². The minimum atomic E-state index is -3.79. The number of aromatic amines is 1. The summed E-state index contributed by atoms with van der Waals surface area (Å²) in [6.07, 6.45) is 3.33. The summed E-state index contributed by atoms with van der Waals surface area (Å²) in [4.78, 5) is 4.35. The largest absolute Gasteiger partial charge is 0.285 e. The van der Waals surface area contributed by atoms with E-state index in [-0.39, 0.29) is 4.90 Å². The van der Waals surface area contributed by atoms with E-state index in [1.807, 2.05) is 6.07 Å². The monoisotopic (exact) mass is 299 g/mol. The van der Waals surface area contributed by atoms with Gasteiger partial charge in [0.05, 0.1) is 10.9 Å². The molecule has 1 aromatic carbocycles. The molecule has 92 valence electrons. The summed E-state index contributed by atoms with van der Waals surface area (Å²) in [5, 5.41) is 7.23. The van der Waals surface area contributed by atoms with Gasteiger partial charge >= 0.3 is 0 Å². The molecule has 8 heteroatoms. The van der Waals surface area contributed by atoms with Gasteiger partial charge in [0.2, 0.25) is 0 Å². The Balaban J connectivity index is 2.31. The normalized spacial score (nSPS) is 12.1. The molecule has 0 fully saturated rings. The molecule has 18 heavy (non-hydrogen) atoms. The molecule has 0 bridgehead atoms. The Morgan fingerprint density at radius 1 is 1.33 bits per heavy atom. The number of H-pyrrole nitrogens is 1. The van der Waals surface area contributed by atoms with Gasteiger partial charge in [-0.05, 0) is 12.1 Å². The summed E-state index contributed by atoms with van der Waals surface area (Å²) in [5.41, 5.74) is 1.21. The van der Waals surface area contributed by atoms with Crippen molar-refractivity contribution in [3.8, 4) is 10.6 Å². The van der Waals surface area contributed by atoms with Gasteiger partial charge in [0.1, 0.15) is 15.4 Å². The molecule has 0 spiro atoms. The van der Waals surface area contributed by atoms with E-state index in [1.165, 1.54) is 17.4 Å². The molecule has 3 aromatic rings. The highest BCUT2D eigenvalue weighted by molar-refractivity contribution is 8.14. The lowest BCUT2D eigenvalue weighted by atomic mass is 10.3. The molecule has 0 unspecified atom stereocenters. The number of para-hydroxylation sites is 1. The van der Waals surface area contributed by atoms with Crippen LogP contribution in [0.15, 0.2) is 35.5 Å². The topological polar surface area (TPSA) is 75.7 Å². The zero-order valence-corrected chi connectivity index (χ0v) is 11.2. The smallest absolute Gasteiger partial charge is 0.263 e. The lowest BCUT2D eigenvalue weighted by molar-refractivity contribution is 0.610. The van der Waals surface area contributed by atoms with Crippen LogP contribution in [-0.4, -0.2) is 23.6 Å². The van der Waals surface area contributed by atoms with Crippen LogP contribution < -0.4 is 0 Å². The average molecular weight is 300 g/mol. The Hall–Kier alpha value is -1.44. The van der Waals surface area contributed by atoms with Crippen LogP contribution in [0.25, 0.3) is 20.8 Å². The van der Waals surface area contributed by atoms with Crippen LogP contribution in [0.2, 0.25) is 0 Å². The van der Waals surface area contributed by atoms with Gasteiger partial charge < -0.3 is 0 Å². The van der Waals surface area contributed by atoms with E-state index in [4.69, 9.17) is 10.7 Å². The van der Waals surface area contributed by atoms with Gasteiger partial charge in [-0.15, -0.1) is 11.3 Å². The van der Waals surface area contributed by atoms with E-state index in [1.54, 1.807) is 18.5 Å². The SMILES string of the molecule is O=S(=O)(Cl)c1cccc2sc(-c3cn[nH]c3)nc12. The Bertz CT molecular complexity index is 809. The molecule has 0 amide bonds. The van der Waals surface area contributed by atoms with Crippen LogP contribution in [0.5, 0.6) is 0 Å². The molecular formula is C10H6ClN3O2S2. The molecule has 0 atom stereocenters. The predicted octanol–water partition coefficient (Wildman–Crippen LogP) is 2.61.